The van der Waals surface area contributed by atoms with Gasteiger partial charge in [-0.2, -0.15) is 0 Å². The molecular formula is C17H27NO2. The summed E-state index contributed by atoms with van der Waals surface area (Å²) >= 11 is 0. The number of esters is 1. The summed E-state index contributed by atoms with van der Waals surface area (Å²) in [4.78, 5) is 12.4. The Morgan fingerprint density at radius 1 is 1.30 bits per heavy atom. The molecule has 0 heterocycles. The smallest absolute Gasteiger partial charge is 0.313 e. The highest BCUT2D eigenvalue weighted by Crippen LogP contribution is 2.33. The molecule has 1 rings (SSSR count). The van der Waals surface area contributed by atoms with Crippen molar-refractivity contribution in [2.75, 3.05) is 13.2 Å². The van der Waals surface area contributed by atoms with E-state index in [4.69, 9.17) is 10.5 Å². The van der Waals surface area contributed by atoms with Crippen LogP contribution < -0.4 is 5.73 Å². The van der Waals surface area contributed by atoms with Crippen LogP contribution in [0.4, 0.5) is 0 Å². The fraction of sp³-hybridized carbons (Fsp3) is 0.588. The number of carbonyl (C=O) groups is 1. The van der Waals surface area contributed by atoms with Crippen molar-refractivity contribution in [2.24, 2.45) is 17.1 Å². The molecule has 0 saturated heterocycles. The van der Waals surface area contributed by atoms with Crippen LogP contribution in [-0.2, 0) is 16.0 Å². The first-order valence-corrected chi connectivity index (χ1v) is 7.30. The Morgan fingerprint density at radius 2 is 1.95 bits per heavy atom. The first-order valence-electron chi connectivity index (χ1n) is 7.30. The lowest BCUT2D eigenvalue weighted by molar-refractivity contribution is -0.157. The number of hydrogen-bond acceptors (Lipinski definition) is 3. The number of hydrogen-bond donors (Lipinski definition) is 1. The second-order valence-corrected chi connectivity index (χ2v) is 5.83. The maximum absolute atomic E-state index is 12.4. The van der Waals surface area contributed by atoms with Gasteiger partial charge in [0.05, 0.1) is 12.0 Å². The molecule has 0 aliphatic heterocycles. The number of carbonyl (C=O) groups excluding carboxylic acids is 1. The first-order chi connectivity index (χ1) is 9.37. The fourth-order valence-electron chi connectivity index (χ4n) is 2.46. The molecule has 0 bridgehead atoms. The molecule has 0 saturated carbocycles. The van der Waals surface area contributed by atoms with Gasteiger partial charge in [-0.1, -0.05) is 32.0 Å². The zero-order chi connectivity index (χ0) is 15.3. The Hall–Kier alpha value is -1.35. The van der Waals surface area contributed by atoms with E-state index >= 15 is 0 Å². The van der Waals surface area contributed by atoms with Gasteiger partial charge in [-0.25, -0.2) is 0 Å². The molecule has 0 radical (unpaired) electrons. The van der Waals surface area contributed by atoms with E-state index in [1.807, 2.05) is 20.8 Å². The van der Waals surface area contributed by atoms with Gasteiger partial charge in [-0.15, -0.1) is 0 Å². The van der Waals surface area contributed by atoms with Gasteiger partial charge < -0.3 is 10.5 Å². The van der Waals surface area contributed by atoms with E-state index in [9.17, 15) is 4.79 Å². The molecule has 1 atom stereocenters. The van der Waals surface area contributed by atoms with Crippen LogP contribution in [0, 0.1) is 25.2 Å². The molecule has 1 unspecified atom stereocenters. The summed E-state index contributed by atoms with van der Waals surface area (Å²) in [5, 5.41) is 0. The third kappa shape index (κ3) is 3.40. The molecule has 3 nitrogen and oxygen atoms in total. The largest absolute Gasteiger partial charge is 0.466 e. The standard InChI is InChI=1S/C17H27NO2/c1-6-20-16(19)17(11-18,12(2)3)10-15-8-7-13(4)14(5)9-15/h7-9,12H,6,10-11,18H2,1-5H3. The van der Waals surface area contributed by atoms with Crippen molar-refractivity contribution in [2.45, 2.75) is 41.0 Å². The van der Waals surface area contributed by atoms with Crippen LogP contribution in [-0.4, -0.2) is 19.1 Å². The van der Waals surface area contributed by atoms with E-state index in [1.54, 1.807) is 0 Å². The molecule has 2 N–H and O–H groups in total. The van der Waals surface area contributed by atoms with Gasteiger partial charge in [0.2, 0.25) is 0 Å². The second kappa shape index (κ2) is 6.89. The minimum atomic E-state index is -0.641. The molecule has 0 aliphatic rings. The highest BCUT2D eigenvalue weighted by molar-refractivity contribution is 5.78. The van der Waals surface area contributed by atoms with Crippen molar-refractivity contribution >= 4 is 5.97 Å². The van der Waals surface area contributed by atoms with Gasteiger partial charge in [0, 0.05) is 6.54 Å². The maximum Gasteiger partial charge on any atom is 0.313 e. The van der Waals surface area contributed by atoms with Crippen LogP contribution in [0.25, 0.3) is 0 Å². The molecule has 20 heavy (non-hydrogen) atoms. The second-order valence-electron chi connectivity index (χ2n) is 5.83. The van der Waals surface area contributed by atoms with Crippen molar-refractivity contribution in [1.82, 2.24) is 0 Å². The zero-order valence-electron chi connectivity index (χ0n) is 13.3. The monoisotopic (exact) mass is 277 g/mol. The number of nitrogens with two attached hydrogens (primary N) is 1. The average Bonchev–Trinajstić information content (AvgIpc) is 2.40. The van der Waals surface area contributed by atoms with Gasteiger partial charge in [-0.05, 0) is 49.8 Å². The predicted molar refractivity (Wildman–Crippen MR) is 82.6 cm³/mol. The van der Waals surface area contributed by atoms with Crippen LogP contribution in [0.1, 0.15) is 37.5 Å². The molecule has 1 aromatic carbocycles. The lowest BCUT2D eigenvalue weighted by Crippen LogP contribution is -2.46. The minimum Gasteiger partial charge on any atom is -0.466 e. The molecule has 3 heteroatoms. The normalized spacial score (nSPS) is 14.2. The highest BCUT2D eigenvalue weighted by atomic mass is 16.5. The number of ether oxygens (including phenoxy) is 1. The summed E-state index contributed by atoms with van der Waals surface area (Å²) in [7, 11) is 0. The Balaban J connectivity index is 3.11. The topological polar surface area (TPSA) is 52.3 Å². The van der Waals surface area contributed by atoms with Crippen LogP contribution >= 0.6 is 0 Å². The van der Waals surface area contributed by atoms with Crippen molar-refractivity contribution in [3.8, 4) is 0 Å². The molecule has 0 spiro atoms. The Morgan fingerprint density at radius 3 is 2.40 bits per heavy atom. The Bertz CT molecular complexity index is 468. The predicted octanol–water partition coefficient (Wildman–Crippen LogP) is 3.01. The van der Waals surface area contributed by atoms with Crippen LogP contribution in [0.15, 0.2) is 18.2 Å². The highest BCUT2D eigenvalue weighted by Gasteiger charge is 2.41. The van der Waals surface area contributed by atoms with Crippen molar-refractivity contribution in [1.29, 1.82) is 0 Å². The van der Waals surface area contributed by atoms with E-state index < -0.39 is 5.41 Å². The van der Waals surface area contributed by atoms with Gasteiger partial charge >= 0.3 is 5.97 Å². The van der Waals surface area contributed by atoms with Crippen LogP contribution in [0.5, 0.6) is 0 Å². The summed E-state index contributed by atoms with van der Waals surface area (Å²) in [5.74, 6) is -0.0520. The van der Waals surface area contributed by atoms with Crippen LogP contribution in [0.3, 0.4) is 0 Å². The third-order valence-corrected chi connectivity index (χ3v) is 4.24. The molecule has 0 aromatic heterocycles. The minimum absolute atomic E-state index is 0.133. The Kier molecular flexibility index (Phi) is 5.75. The van der Waals surface area contributed by atoms with Gasteiger partial charge in [-0.3, -0.25) is 4.79 Å². The van der Waals surface area contributed by atoms with Crippen LogP contribution in [0.2, 0.25) is 0 Å². The van der Waals surface area contributed by atoms with E-state index in [0.29, 0.717) is 19.6 Å². The molecule has 0 fully saturated rings. The average molecular weight is 277 g/mol. The fourth-order valence-corrected chi connectivity index (χ4v) is 2.46. The van der Waals surface area contributed by atoms with Gasteiger partial charge in [0.25, 0.3) is 0 Å². The quantitative estimate of drug-likeness (QED) is 0.813. The maximum atomic E-state index is 12.4. The lowest BCUT2D eigenvalue weighted by Gasteiger charge is -2.34. The Labute approximate surface area is 122 Å². The van der Waals surface area contributed by atoms with E-state index in [0.717, 1.165) is 5.56 Å². The van der Waals surface area contributed by atoms with Crippen molar-refractivity contribution < 1.29 is 9.53 Å². The first kappa shape index (κ1) is 16.7. The van der Waals surface area contributed by atoms with E-state index in [1.165, 1.54) is 11.1 Å². The number of rotatable bonds is 6. The molecule has 1 aromatic rings. The van der Waals surface area contributed by atoms with E-state index in [2.05, 4.69) is 32.0 Å². The molecule has 0 aliphatic carbocycles. The van der Waals surface area contributed by atoms with Crippen molar-refractivity contribution in [3.05, 3.63) is 34.9 Å². The number of benzene rings is 1. The van der Waals surface area contributed by atoms with Gasteiger partial charge in [0.15, 0.2) is 0 Å². The molecular weight excluding hydrogens is 250 g/mol. The zero-order valence-corrected chi connectivity index (χ0v) is 13.3. The van der Waals surface area contributed by atoms with E-state index in [-0.39, 0.29) is 11.9 Å². The summed E-state index contributed by atoms with van der Waals surface area (Å²) < 4.78 is 5.27. The lowest BCUT2D eigenvalue weighted by atomic mass is 9.72. The molecule has 112 valence electrons. The molecule has 0 amide bonds. The van der Waals surface area contributed by atoms with Crippen molar-refractivity contribution in [3.63, 3.8) is 0 Å². The summed E-state index contributed by atoms with van der Waals surface area (Å²) in [6, 6.07) is 6.31. The number of aryl methyl sites for hydroxylation is 2. The SMILES string of the molecule is CCOC(=O)C(CN)(Cc1ccc(C)c(C)c1)C(C)C. The summed E-state index contributed by atoms with van der Waals surface area (Å²) in [6.07, 6.45) is 0.626. The third-order valence-electron chi connectivity index (χ3n) is 4.24. The van der Waals surface area contributed by atoms with Gasteiger partial charge in [0.1, 0.15) is 0 Å². The summed E-state index contributed by atoms with van der Waals surface area (Å²) in [6.45, 7) is 10.8. The summed E-state index contributed by atoms with van der Waals surface area (Å²) in [5.41, 5.74) is 8.95.